The molecule has 0 aliphatic rings. The van der Waals surface area contributed by atoms with Crippen molar-refractivity contribution in [3.63, 3.8) is 0 Å². The molecule has 0 saturated carbocycles. The molecule has 0 aromatic heterocycles. The molecule has 0 saturated heterocycles. The van der Waals surface area contributed by atoms with Gasteiger partial charge in [-0.15, -0.1) is 0 Å². The summed E-state index contributed by atoms with van der Waals surface area (Å²) < 4.78 is 33.4. The highest BCUT2D eigenvalue weighted by atomic mass is 16.6. The molecule has 828 valence electrons. The Balaban J connectivity index is -0.00000317. The van der Waals surface area contributed by atoms with Crippen LogP contribution in [0.15, 0.2) is 0 Å². The smallest absolute Gasteiger partial charge is 0.407 e. The summed E-state index contributed by atoms with van der Waals surface area (Å²) >= 11 is 0. The molecule has 139 heavy (non-hydrogen) atoms. The van der Waals surface area contributed by atoms with Gasteiger partial charge in [0.25, 0.3) is 0 Å². The van der Waals surface area contributed by atoms with Gasteiger partial charge in [0.15, 0.2) is 0 Å². The molecule has 0 aliphatic carbocycles. The van der Waals surface area contributed by atoms with Crippen molar-refractivity contribution < 1.29 is 57.2 Å². The number of carbonyl (C=O) groups excluding carboxylic acids is 6. The third-order valence-corrected chi connectivity index (χ3v) is 21.9. The molecule has 38 heteroatoms. The maximum atomic E-state index is 13.1. The van der Waals surface area contributed by atoms with Crippen LogP contribution in [0.2, 0.25) is 0 Å². The van der Waals surface area contributed by atoms with Gasteiger partial charge in [-0.05, 0) is 176 Å². The highest BCUT2D eigenvalue weighted by Gasteiger charge is 2.27. The predicted molar refractivity (Wildman–Crippen MR) is 577 cm³/mol. The van der Waals surface area contributed by atoms with Crippen LogP contribution >= 0.6 is 0 Å². The topological polar surface area (TPSA) is 431 Å². The lowest BCUT2D eigenvalue weighted by Gasteiger charge is -2.34. The average molecular weight is 1990 g/mol. The largest absolute Gasteiger partial charge is 0.444 e. The van der Waals surface area contributed by atoms with Crippen LogP contribution in [0.25, 0.3) is 0 Å². The normalized spacial score (nSPS) is 12.8. The van der Waals surface area contributed by atoms with Gasteiger partial charge in [0.2, 0.25) is 0 Å². The molecule has 0 aromatic carbocycles. The minimum Gasteiger partial charge on any atom is -0.444 e. The molecule has 6 amide bonds. The van der Waals surface area contributed by atoms with Gasteiger partial charge in [0.1, 0.15) is 33.6 Å². The predicted octanol–water partition coefficient (Wildman–Crippen LogP) is 7.18. The van der Waals surface area contributed by atoms with Crippen molar-refractivity contribution >= 4 is 36.6 Å². The lowest BCUT2D eigenvalue weighted by atomic mass is 10.2. The Bertz CT molecular complexity index is 3040. The molecule has 0 unspecified atom stereocenters. The van der Waals surface area contributed by atoms with Gasteiger partial charge in [-0.3, -0.25) is 49.0 Å². The van der Waals surface area contributed by atoms with E-state index in [-0.39, 0.29) is 13.5 Å². The fourth-order valence-electron chi connectivity index (χ4n) is 15.4. The minimum atomic E-state index is -0.672. The summed E-state index contributed by atoms with van der Waals surface area (Å²) in [6, 6.07) is 0.666. The fourth-order valence-corrected chi connectivity index (χ4v) is 15.4. The molecule has 18 N–H and O–H groups in total. The van der Waals surface area contributed by atoms with Gasteiger partial charge in [0.05, 0.1) is 0 Å². The second-order valence-corrected chi connectivity index (χ2v) is 45.1. The first-order chi connectivity index (χ1) is 64.3. The van der Waals surface area contributed by atoms with Gasteiger partial charge in [-0.1, -0.05) is 62.8 Å². The van der Waals surface area contributed by atoms with E-state index < -0.39 is 70.2 Å². The zero-order chi connectivity index (χ0) is 105. The Kier molecular flexibility index (Phi) is 76.7. The molecule has 0 radical (unpaired) electrons. The SMILES string of the molecule is C.CC(C)CN(CCN)CCN(CCN)CCN(CCN)CCN(CCN(CCN)CCN(CCN)C(C)C)CCN(CCN)CC(C)C.CC(C)CN(CCNC(=O)OC(C)(C)C)CCN(CCNC(=O)OC(C)(C)C)CCN(CCNC(=O)OC(C)(C)C)CCN(CCN(CCNC(=O)OC(C)(C)C)CCN(CCNC(=O)OC(C)(C)C)C(C)C)CCN(CCNC(=O)OC(C)(C)C)CC(C)C. The quantitative estimate of drug-likeness (QED) is 0.0268. The minimum absolute atomic E-state index is 0. The fraction of sp³-hybridized carbons (Fsp3) is 0.941. The number of nitrogens with two attached hydrogens (primary N) is 6. The lowest BCUT2D eigenvalue weighted by Crippen LogP contribution is -2.49. The molecular weight excluding hydrogens is 1770 g/mol. The summed E-state index contributed by atoms with van der Waals surface area (Å²) in [7, 11) is 0. The van der Waals surface area contributed by atoms with Crippen molar-refractivity contribution in [2.24, 2.45) is 58.1 Å². The zero-order valence-corrected chi connectivity index (χ0v) is 93.9. The third-order valence-electron chi connectivity index (χ3n) is 21.9. The summed E-state index contributed by atoms with van der Waals surface area (Å²) in [5, 5.41) is 17.7. The highest BCUT2D eigenvalue weighted by Crippen LogP contribution is 2.15. The number of carbonyl (C=O) groups is 6. The van der Waals surface area contributed by atoms with E-state index in [2.05, 4.69) is 184 Å². The van der Waals surface area contributed by atoms with Gasteiger partial charge < -0.3 is 114 Å². The maximum Gasteiger partial charge on any atom is 0.407 e. The van der Waals surface area contributed by atoms with Gasteiger partial charge >= 0.3 is 36.6 Å². The van der Waals surface area contributed by atoms with E-state index in [1.807, 2.05) is 125 Å². The van der Waals surface area contributed by atoms with Crippen LogP contribution in [0, 0.1) is 23.7 Å². The highest BCUT2D eigenvalue weighted by molar-refractivity contribution is 5.69. The van der Waals surface area contributed by atoms with E-state index in [1.165, 1.54) is 0 Å². The number of amides is 6. The Morgan fingerprint density at radius 3 is 0.489 bits per heavy atom. The number of ether oxygens (including phenoxy) is 6. The van der Waals surface area contributed by atoms with E-state index >= 15 is 0 Å². The molecule has 0 fully saturated rings. The second-order valence-electron chi connectivity index (χ2n) is 45.1. The first kappa shape index (κ1) is 138. The van der Waals surface area contributed by atoms with Crippen LogP contribution in [0.5, 0.6) is 0 Å². The summed E-state index contributed by atoms with van der Waals surface area (Å²) in [6.07, 6.45) is -2.82. The molecule has 0 rings (SSSR count). The van der Waals surface area contributed by atoms with Crippen LogP contribution in [-0.2, 0) is 28.4 Å². The van der Waals surface area contributed by atoms with E-state index in [4.69, 9.17) is 62.8 Å². The molecule has 38 nitrogen and oxygen atoms in total. The van der Waals surface area contributed by atoms with E-state index in [9.17, 15) is 28.8 Å². The summed E-state index contributed by atoms with van der Waals surface area (Å²) in [6.45, 7) is 99.2. The third kappa shape index (κ3) is 85.7. The van der Waals surface area contributed by atoms with E-state index in [0.717, 1.165) is 151 Å². The number of rotatable bonds is 76. The average Bonchev–Trinajstić information content (AvgIpc) is 0.906. The molecule has 0 aliphatic heterocycles. The molecule has 0 bridgehead atoms. The molecular formula is C101H222N26O12. The monoisotopic (exact) mass is 1990 g/mol. The molecule has 0 aromatic rings. The Morgan fingerprint density at radius 2 is 0.324 bits per heavy atom. The first-order valence-corrected chi connectivity index (χ1v) is 52.5. The molecule has 0 spiro atoms. The number of nitrogens with zero attached hydrogens (tertiary/aromatic N) is 14. The van der Waals surface area contributed by atoms with Gasteiger partial charge in [-0.2, -0.15) is 0 Å². The number of hydrogen-bond acceptors (Lipinski definition) is 32. The van der Waals surface area contributed by atoms with Crippen LogP contribution < -0.4 is 66.3 Å². The van der Waals surface area contributed by atoms with Crippen LogP contribution in [0.4, 0.5) is 28.8 Å². The Hall–Kier alpha value is -5.18. The van der Waals surface area contributed by atoms with Crippen LogP contribution in [0.3, 0.4) is 0 Å². The molecule has 0 atom stereocenters. The van der Waals surface area contributed by atoms with Crippen molar-refractivity contribution in [1.29, 1.82) is 0 Å². The van der Waals surface area contributed by atoms with Crippen molar-refractivity contribution in [2.45, 2.75) is 261 Å². The molecule has 0 heterocycles. The van der Waals surface area contributed by atoms with Gasteiger partial charge in [-0.25, -0.2) is 28.8 Å². The second kappa shape index (κ2) is 77.3. The Labute approximate surface area is 849 Å². The summed E-state index contributed by atoms with van der Waals surface area (Å²) in [4.78, 5) is 111. The van der Waals surface area contributed by atoms with E-state index in [0.29, 0.717) is 220 Å². The van der Waals surface area contributed by atoms with Crippen molar-refractivity contribution in [1.82, 2.24) is 100 Å². The Morgan fingerprint density at radius 1 is 0.194 bits per heavy atom. The standard InChI is InChI=1S/C65H133N13O12.C35H85N13.CH4/c1-51(2)49-76(34-28-69-57(82)88-63(16,17)18)45-43-73(32-26-67-55(80)86-61(10,11)12)38-37-72(31-25-66-54(79)85-60(7,8)9)39-41-75(44-46-77(50-52(3)4)35-29-70-58(83)89-64(19,20)21)42-40-74(33-27-68-56(81)87-62(13,14)15)47-48-78(53(5)6)36-30-71-59(84)90-65(22,23)24;1-33(2)31-46(16-10-39)27-25-43(14-8-37)20-19-42(13-7-36)21-23-45(26-28-47(17-11-40)32-34(3)4)24-22-44(15-9-38)29-30-48(18-12-41)35(5)6;/h51-53H,25-50H2,1-24H3,(H,66,79)(H,67,80)(H,68,81)(H,69,82)(H,70,83)(H,71,84);33-35H,7-32,36-41H2,1-6H3;1H4. The number of alkyl carbamates (subject to hydrolysis) is 6. The van der Waals surface area contributed by atoms with Crippen LogP contribution in [0.1, 0.15) is 215 Å². The van der Waals surface area contributed by atoms with Crippen LogP contribution in [-0.4, -0.2) is 491 Å². The van der Waals surface area contributed by atoms with Crippen molar-refractivity contribution in [3.8, 4) is 0 Å². The van der Waals surface area contributed by atoms with Gasteiger partial charge in [0, 0.05) is 352 Å². The first-order valence-electron chi connectivity index (χ1n) is 52.5. The summed E-state index contributed by atoms with van der Waals surface area (Å²) in [5.41, 5.74) is 32.3. The maximum absolute atomic E-state index is 13.1. The number of hydrogen-bond donors (Lipinski definition) is 12. The number of nitrogens with one attached hydrogen (secondary N) is 6. The lowest BCUT2D eigenvalue weighted by molar-refractivity contribution is 0.0500. The van der Waals surface area contributed by atoms with Crippen molar-refractivity contribution in [3.05, 3.63) is 0 Å². The van der Waals surface area contributed by atoms with Crippen molar-refractivity contribution in [2.75, 3.05) is 340 Å². The zero-order valence-electron chi connectivity index (χ0n) is 93.9. The van der Waals surface area contributed by atoms with E-state index in [1.54, 1.807) is 0 Å². The summed E-state index contributed by atoms with van der Waals surface area (Å²) in [5.74, 6) is 1.97.